The summed E-state index contributed by atoms with van der Waals surface area (Å²) >= 11 is 10.2. The topological polar surface area (TPSA) is 158 Å². The van der Waals surface area contributed by atoms with Crippen LogP contribution < -0.4 is 0 Å². The van der Waals surface area contributed by atoms with Gasteiger partial charge in [0.15, 0.2) is 6.10 Å². The molecule has 0 atom stereocenters. The Hall–Kier alpha value is -4.86. The van der Waals surface area contributed by atoms with Gasteiger partial charge in [0.2, 0.25) is 0 Å². The van der Waals surface area contributed by atoms with Crippen LogP contribution in [0.5, 0.6) is 0 Å². The number of carbonyl (C=O) groups excluding carboxylic acids is 6. The molecular weight excluding hydrogens is 1150 g/mol. The van der Waals surface area contributed by atoms with E-state index in [1.165, 1.54) is 0 Å². The first-order valence-corrected chi connectivity index (χ1v) is 29.0. The molecule has 0 aliphatic heterocycles. The monoisotopic (exact) mass is 1230 g/mol. The largest absolute Gasteiger partial charge is 0.462 e. The van der Waals surface area contributed by atoms with Crippen molar-refractivity contribution in [3.05, 3.63) is 123 Å². The van der Waals surface area contributed by atoms with Crippen LogP contribution in [-0.2, 0) is 57.2 Å². The van der Waals surface area contributed by atoms with Crippen molar-refractivity contribution in [2.75, 3.05) is 33.0 Å². The summed E-state index contributed by atoms with van der Waals surface area (Å²) in [6, 6.07) is 22.0. The molecule has 0 heterocycles. The van der Waals surface area contributed by atoms with E-state index in [0.717, 1.165) is 146 Å². The highest BCUT2D eigenvalue weighted by atomic mass is 79.9. The van der Waals surface area contributed by atoms with Crippen molar-refractivity contribution in [3.63, 3.8) is 0 Å². The Balaban J connectivity index is 1.27. The first-order chi connectivity index (χ1) is 36.2. The van der Waals surface area contributed by atoms with Gasteiger partial charge in [-0.3, -0.25) is 14.4 Å². The lowest BCUT2D eigenvalue weighted by molar-refractivity contribution is -0.167. The molecule has 3 aromatic carbocycles. The van der Waals surface area contributed by atoms with Gasteiger partial charge in [0.05, 0.1) is 36.5 Å². The van der Waals surface area contributed by atoms with Crippen molar-refractivity contribution >= 4 is 100 Å². The number of benzene rings is 3. The molecule has 0 amide bonds. The van der Waals surface area contributed by atoms with Gasteiger partial charge in [-0.05, 0) is 91.6 Å². The fraction of sp³-hybridized carbons (Fsp3) is 0.500. The minimum atomic E-state index is -0.914. The van der Waals surface area contributed by atoms with Crippen LogP contribution in [0.4, 0.5) is 0 Å². The number of rotatable bonds is 41. The van der Waals surface area contributed by atoms with Crippen molar-refractivity contribution in [2.24, 2.45) is 0 Å². The molecule has 0 unspecified atom stereocenters. The molecule has 0 aliphatic rings. The molecule has 0 aliphatic carbocycles. The summed E-state index contributed by atoms with van der Waals surface area (Å²) in [5.41, 5.74) is 3.18. The molecule has 15 heteroatoms. The van der Waals surface area contributed by atoms with Crippen LogP contribution in [0.1, 0.15) is 171 Å². The first kappa shape index (κ1) is 64.4. The van der Waals surface area contributed by atoms with E-state index >= 15 is 0 Å². The summed E-state index contributed by atoms with van der Waals surface area (Å²) < 4.78 is 35.6. The van der Waals surface area contributed by atoms with Crippen molar-refractivity contribution in [3.8, 4) is 0 Å². The molecular formula is C60H77Br3O12. The molecule has 12 nitrogen and oxygen atoms in total. The number of carbonyl (C=O) groups is 6. The summed E-state index contributed by atoms with van der Waals surface area (Å²) in [5, 5.41) is 0. The predicted molar refractivity (Wildman–Crippen MR) is 305 cm³/mol. The molecule has 0 fully saturated rings. The number of unbranched alkanes of at least 4 members (excludes halogenated alkanes) is 18. The van der Waals surface area contributed by atoms with Gasteiger partial charge in [0.25, 0.3) is 0 Å². The lowest BCUT2D eigenvalue weighted by atomic mass is 10.1. The highest BCUT2D eigenvalue weighted by molar-refractivity contribution is 9.11. The van der Waals surface area contributed by atoms with E-state index in [4.69, 9.17) is 28.4 Å². The molecule has 0 N–H and O–H groups in total. The standard InChI is InChI=1S/C60H77Br3O12/c1-45(48-28-34-51(61)35-29-48)58(67)70-40-22-16-10-4-7-13-19-25-55(64)73-43-54(75-57(66)27-21-15-9-6-12-18-24-42-72-60(69)47(3)50-32-38-53(63)39-33-50)44-74-56(65)26-20-14-8-5-11-17-23-41-71-59(68)46(2)49-30-36-52(62)37-31-49/h28-39,54H,1-27,40-44H2. The molecule has 410 valence electrons. The van der Waals surface area contributed by atoms with Gasteiger partial charge in [-0.25, -0.2) is 14.4 Å². The quantitative estimate of drug-likeness (QED) is 0.0229. The van der Waals surface area contributed by atoms with E-state index in [1.54, 1.807) is 0 Å². The third-order valence-electron chi connectivity index (χ3n) is 12.3. The zero-order valence-corrected chi connectivity index (χ0v) is 48.4. The Morgan fingerprint density at radius 1 is 0.333 bits per heavy atom. The van der Waals surface area contributed by atoms with Gasteiger partial charge < -0.3 is 28.4 Å². The maximum Gasteiger partial charge on any atom is 0.338 e. The van der Waals surface area contributed by atoms with E-state index in [0.29, 0.717) is 55.8 Å². The Labute approximate surface area is 470 Å². The van der Waals surface area contributed by atoms with Gasteiger partial charge in [-0.1, -0.05) is 200 Å². The summed E-state index contributed by atoms with van der Waals surface area (Å²) in [5.74, 6) is -2.49. The summed E-state index contributed by atoms with van der Waals surface area (Å²) in [7, 11) is 0. The van der Waals surface area contributed by atoms with Crippen LogP contribution in [0.25, 0.3) is 16.7 Å². The van der Waals surface area contributed by atoms with E-state index in [1.807, 2.05) is 72.8 Å². The molecule has 0 bridgehead atoms. The highest BCUT2D eigenvalue weighted by Gasteiger charge is 2.20. The van der Waals surface area contributed by atoms with Crippen LogP contribution in [0.2, 0.25) is 0 Å². The molecule has 0 radical (unpaired) electrons. The zero-order chi connectivity index (χ0) is 54.5. The number of hydrogen-bond acceptors (Lipinski definition) is 12. The van der Waals surface area contributed by atoms with Crippen molar-refractivity contribution < 1.29 is 57.2 Å². The average molecular weight is 1230 g/mol. The van der Waals surface area contributed by atoms with Crippen molar-refractivity contribution in [2.45, 2.75) is 160 Å². The lowest BCUT2D eigenvalue weighted by Crippen LogP contribution is -2.30. The second kappa shape index (κ2) is 39.5. The zero-order valence-electron chi connectivity index (χ0n) is 43.7. The fourth-order valence-corrected chi connectivity index (χ4v) is 8.50. The van der Waals surface area contributed by atoms with Crippen LogP contribution in [0, 0.1) is 0 Å². The van der Waals surface area contributed by atoms with Gasteiger partial charge in [0.1, 0.15) is 13.2 Å². The van der Waals surface area contributed by atoms with Gasteiger partial charge in [-0.15, -0.1) is 0 Å². The van der Waals surface area contributed by atoms with Crippen LogP contribution in [0.15, 0.2) is 106 Å². The number of hydrogen-bond donors (Lipinski definition) is 0. The lowest BCUT2D eigenvalue weighted by Gasteiger charge is -2.18. The number of ether oxygens (including phenoxy) is 6. The van der Waals surface area contributed by atoms with Crippen LogP contribution in [-0.4, -0.2) is 75.0 Å². The van der Waals surface area contributed by atoms with Crippen molar-refractivity contribution in [1.29, 1.82) is 0 Å². The van der Waals surface area contributed by atoms with Crippen molar-refractivity contribution in [1.82, 2.24) is 0 Å². The second-order valence-corrected chi connectivity index (χ2v) is 21.3. The molecule has 0 aromatic heterocycles. The Morgan fingerprint density at radius 2 is 0.573 bits per heavy atom. The minimum Gasteiger partial charge on any atom is -0.462 e. The van der Waals surface area contributed by atoms with Crippen LogP contribution in [0.3, 0.4) is 0 Å². The second-order valence-electron chi connectivity index (χ2n) is 18.5. The number of halogens is 3. The maximum atomic E-state index is 12.9. The average Bonchev–Trinajstić information content (AvgIpc) is 3.40. The normalized spacial score (nSPS) is 10.9. The van der Waals surface area contributed by atoms with E-state index < -0.39 is 41.9 Å². The Bertz CT molecular complexity index is 2120. The van der Waals surface area contributed by atoms with E-state index in [9.17, 15) is 28.8 Å². The minimum absolute atomic E-state index is 0.192. The summed E-state index contributed by atoms with van der Waals surface area (Å²) in [4.78, 5) is 75.3. The molecule has 0 saturated carbocycles. The third kappa shape index (κ3) is 29.9. The van der Waals surface area contributed by atoms with Gasteiger partial charge in [0, 0.05) is 32.7 Å². The Morgan fingerprint density at radius 3 is 0.853 bits per heavy atom. The first-order valence-electron chi connectivity index (χ1n) is 26.6. The van der Waals surface area contributed by atoms with Gasteiger partial charge >= 0.3 is 35.8 Å². The smallest absolute Gasteiger partial charge is 0.338 e. The highest BCUT2D eigenvalue weighted by Crippen LogP contribution is 2.22. The van der Waals surface area contributed by atoms with E-state index in [-0.39, 0.29) is 32.5 Å². The predicted octanol–water partition coefficient (Wildman–Crippen LogP) is 15.4. The van der Waals surface area contributed by atoms with Crippen LogP contribution >= 0.6 is 47.8 Å². The SMILES string of the molecule is C=C(C(=O)OCCCCCCCCCC(=O)OCC(COC(=O)CCCCCCCCCOC(=O)C(=C)c1ccc(Br)cc1)OC(=O)CCCCCCCCCOC(=O)C(=C)c1ccc(Br)cc1)c1ccc(Br)cc1. The molecule has 3 rings (SSSR count). The maximum absolute atomic E-state index is 12.9. The summed E-state index contributed by atoms with van der Waals surface area (Å²) in [6.45, 7) is 12.2. The Kier molecular flexibility index (Phi) is 33.9. The molecule has 0 spiro atoms. The third-order valence-corrected chi connectivity index (χ3v) is 13.8. The molecule has 75 heavy (non-hydrogen) atoms. The van der Waals surface area contributed by atoms with E-state index in [2.05, 4.69) is 67.5 Å². The van der Waals surface area contributed by atoms with Gasteiger partial charge in [-0.2, -0.15) is 0 Å². The molecule has 3 aromatic rings. The fourth-order valence-electron chi connectivity index (χ4n) is 7.71. The summed E-state index contributed by atoms with van der Waals surface area (Å²) in [6.07, 6.45) is 18.1. The number of esters is 6. The molecule has 0 saturated heterocycles.